The molecule has 0 aliphatic rings. The van der Waals surface area contributed by atoms with Crippen LogP contribution in [0.15, 0.2) is 42.5 Å². The second-order valence-corrected chi connectivity index (χ2v) is 6.17. The van der Waals surface area contributed by atoms with E-state index in [4.69, 9.17) is 21.7 Å². The third-order valence-electron chi connectivity index (χ3n) is 3.69. The Hall–Kier alpha value is -2.27. The summed E-state index contributed by atoms with van der Waals surface area (Å²) in [4.78, 5) is 0. The van der Waals surface area contributed by atoms with Gasteiger partial charge in [-0.05, 0) is 75.3 Å². The average molecular weight is 359 g/mol. The first-order valence-electron chi connectivity index (χ1n) is 8.57. The van der Waals surface area contributed by atoms with Crippen LogP contribution >= 0.6 is 12.2 Å². The fraction of sp³-hybridized carbons (Fsp3) is 0.350. The maximum absolute atomic E-state index is 5.69. The molecule has 2 aromatic carbocycles. The molecule has 0 unspecified atom stereocenters. The summed E-state index contributed by atoms with van der Waals surface area (Å²) in [5, 5.41) is 7.12. The molecule has 2 rings (SSSR count). The molecule has 1 atom stereocenters. The first kappa shape index (κ1) is 19.1. The Morgan fingerprint density at radius 2 is 1.76 bits per heavy atom. The molecule has 0 saturated heterocycles. The van der Waals surface area contributed by atoms with E-state index in [9.17, 15) is 0 Å². The molecule has 5 heteroatoms. The number of anilines is 1. The maximum atomic E-state index is 5.69. The molecule has 0 fully saturated rings. The Morgan fingerprint density at radius 3 is 2.44 bits per heavy atom. The minimum atomic E-state index is 0.0414. The van der Waals surface area contributed by atoms with E-state index in [0.29, 0.717) is 18.3 Å². The van der Waals surface area contributed by atoms with Crippen molar-refractivity contribution in [1.29, 1.82) is 0 Å². The summed E-state index contributed by atoms with van der Waals surface area (Å²) in [7, 11) is 0. The van der Waals surface area contributed by atoms with Gasteiger partial charge in [0.2, 0.25) is 0 Å². The molecule has 0 saturated carbocycles. The highest BCUT2D eigenvalue weighted by atomic mass is 32.1. The zero-order chi connectivity index (χ0) is 18.2. The van der Waals surface area contributed by atoms with Gasteiger partial charge in [0.05, 0.1) is 19.3 Å². The number of rotatable bonds is 7. The Morgan fingerprint density at radius 1 is 1.04 bits per heavy atom. The lowest BCUT2D eigenvalue weighted by molar-refractivity contribution is 0.287. The largest absolute Gasteiger partial charge is 0.490 e. The van der Waals surface area contributed by atoms with Crippen molar-refractivity contribution in [1.82, 2.24) is 5.32 Å². The van der Waals surface area contributed by atoms with Gasteiger partial charge in [-0.3, -0.25) is 0 Å². The van der Waals surface area contributed by atoms with Crippen molar-refractivity contribution < 1.29 is 9.47 Å². The monoisotopic (exact) mass is 358 g/mol. The molecular weight excluding hydrogens is 332 g/mol. The van der Waals surface area contributed by atoms with Gasteiger partial charge in [0.25, 0.3) is 0 Å². The summed E-state index contributed by atoms with van der Waals surface area (Å²) in [5.74, 6) is 1.52. The van der Waals surface area contributed by atoms with Gasteiger partial charge in [-0.25, -0.2) is 0 Å². The van der Waals surface area contributed by atoms with Crippen LogP contribution in [0.1, 0.15) is 37.9 Å². The van der Waals surface area contributed by atoms with Crippen LogP contribution in [0.3, 0.4) is 0 Å². The van der Waals surface area contributed by atoms with E-state index in [-0.39, 0.29) is 6.04 Å². The van der Waals surface area contributed by atoms with Crippen LogP contribution in [0.25, 0.3) is 0 Å². The molecule has 0 aliphatic carbocycles. The molecule has 134 valence electrons. The Kier molecular flexibility index (Phi) is 7.07. The third kappa shape index (κ3) is 5.64. The third-order valence-corrected chi connectivity index (χ3v) is 3.91. The molecule has 4 nitrogen and oxygen atoms in total. The lowest BCUT2D eigenvalue weighted by Gasteiger charge is -2.19. The highest BCUT2D eigenvalue weighted by molar-refractivity contribution is 7.80. The van der Waals surface area contributed by atoms with E-state index >= 15 is 0 Å². The summed E-state index contributed by atoms with van der Waals surface area (Å²) in [5.41, 5.74) is 3.25. The van der Waals surface area contributed by atoms with Crippen molar-refractivity contribution in [3.05, 3.63) is 53.6 Å². The van der Waals surface area contributed by atoms with Gasteiger partial charge in [0, 0.05) is 5.69 Å². The summed E-state index contributed by atoms with van der Waals surface area (Å²) in [6, 6.07) is 14.1. The predicted octanol–water partition coefficient (Wildman–Crippen LogP) is 4.84. The zero-order valence-corrected chi connectivity index (χ0v) is 16.1. The molecular formula is C20H26N2O2S. The molecule has 0 bridgehead atoms. The molecule has 0 spiro atoms. The van der Waals surface area contributed by atoms with Crippen molar-refractivity contribution in [3.8, 4) is 11.5 Å². The van der Waals surface area contributed by atoms with Crippen molar-refractivity contribution in [3.63, 3.8) is 0 Å². The Bertz CT molecular complexity index is 719. The quantitative estimate of drug-likeness (QED) is 0.693. The van der Waals surface area contributed by atoms with Gasteiger partial charge in [0.1, 0.15) is 0 Å². The SMILES string of the molecule is CCOc1ccc([C@@H](C)NC(=S)Nc2cccc(C)c2)cc1OCC. The minimum absolute atomic E-state index is 0.0414. The van der Waals surface area contributed by atoms with Crippen molar-refractivity contribution in [2.75, 3.05) is 18.5 Å². The molecule has 25 heavy (non-hydrogen) atoms. The van der Waals surface area contributed by atoms with Gasteiger partial charge >= 0.3 is 0 Å². The topological polar surface area (TPSA) is 42.5 Å². The first-order valence-corrected chi connectivity index (χ1v) is 8.98. The summed E-state index contributed by atoms with van der Waals surface area (Å²) >= 11 is 5.43. The smallest absolute Gasteiger partial charge is 0.171 e. The highest BCUT2D eigenvalue weighted by Gasteiger charge is 2.12. The molecule has 2 aromatic rings. The zero-order valence-electron chi connectivity index (χ0n) is 15.3. The van der Waals surface area contributed by atoms with Gasteiger partial charge < -0.3 is 20.1 Å². The summed E-state index contributed by atoms with van der Waals surface area (Å²) in [6.45, 7) is 9.25. The van der Waals surface area contributed by atoms with Crippen LogP contribution in [0.2, 0.25) is 0 Å². The number of benzene rings is 2. The minimum Gasteiger partial charge on any atom is -0.490 e. The van der Waals surface area contributed by atoms with Crippen LogP contribution in [-0.4, -0.2) is 18.3 Å². The molecule has 0 amide bonds. The van der Waals surface area contributed by atoms with Gasteiger partial charge in [-0.2, -0.15) is 0 Å². The van der Waals surface area contributed by atoms with E-state index < -0.39 is 0 Å². The summed E-state index contributed by atoms with van der Waals surface area (Å²) < 4.78 is 11.3. The summed E-state index contributed by atoms with van der Waals surface area (Å²) in [6.07, 6.45) is 0. The maximum Gasteiger partial charge on any atom is 0.171 e. The molecule has 0 aliphatic heterocycles. The van der Waals surface area contributed by atoms with Crippen LogP contribution in [0.4, 0.5) is 5.69 Å². The standard InChI is InChI=1S/C20H26N2O2S/c1-5-23-18-11-10-16(13-19(18)24-6-2)15(4)21-20(25)22-17-9-7-8-14(3)12-17/h7-13,15H,5-6H2,1-4H3,(H2,21,22,25)/t15-/m1/s1. The number of hydrogen-bond acceptors (Lipinski definition) is 3. The van der Waals surface area contributed by atoms with E-state index in [1.165, 1.54) is 5.56 Å². The number of aryl methyl sites for hydroxylation is 1. The van der Waals surface area contributed by atoms with Crippen molar-refractivity contribution >= 4 is 23.0 Å². The number of nitrogens with one attached hydrogen (secondary N) is 2. The Balaban J connectivity index is 2.05. The van der Waals surface area contributed by atoms with Crippen LogP contribution in [0.5, 0.6) is 11.5 Å². The molecule has 0 radical (unpaired) electrons. The fourth-order valence-corrected chi connectivity index (χ4v) is 2.80. The molecule has 0 heterocycles. The predicted molar refractivity (Wildman–Crippen MR) is 108 cm³/mol. The van der Waals surface area contributed by atoms with Gasteiger partial charge in [-0.15, -0.1) is 0 Å². The average Bonchev–Trinajstić information content (AvgIpc) is 2.56. The first-order chi connectivity index (χ1) is 12.0. The van der Waals surface area contributed by atoms with E-state index in [1.54, 1.807) is 0 Å². The fourth-order valence-electron chi connectivity index (χ4n) is 2.51. The van der Waals surface area contributed by atoms with Crippen molar-refractivity contribution in [2.45, 2.75) is 33.7 Å². The Labute approximate surface area is 155 Å². The second kappa shape index (κ2) is 9.28. The number of ether oxygens (including phenoxy) is 2. The number of thiocarbonyl (C=S) groups is 1. The van der Waals surface area contributed by atoms with Crippen LogP contribution < -0.4 is 20.1 Å². The van der Waals surface area contributed by atoms with E-state index in [0.717, 1.165) is 22.7 Å². The van der Waals surface area contributed by atoms with Gasteiger partial charge in [-0.1, -0.05) is 18.2 Å². The lowest BCUT2D eigenvalue weighted by atomic mass is 10.1. The van der Waals surface area contributed by atoms with Crippen LogP contribution in [0, 0.1) is 6.92 Å². The van der Waals surface area contributed by atoms with E-state index in [1.807, 2.05) is 44.2 Å². The van der Waals surface area contributed by atoms with Crippen molar-refractivity contribution in [2.24, 2.45) is 0 Å². The normalized spacial score (nSPS) is 11.5. The van der Waals surface area contributed by atoms with Gasteiger partial charge in [0.15, 0.2) is 16.6 Å². The van der Waals surface area contributed by atoms with E-state index in [2.05, 4.69) is 36.6 Å². The van der Waals surface area contributed by atoms with Crippen LogP contribution in [-0.2, 0) is 0 Å². The lowest BCUT2D eigenvalue weighted by Crippen LogP contribution is -2.30. The molecule has 2 N–H and O–H groups in total. The number of hydrogen-bond donors (Lipinski definition) is 2. The molecule has 0 aromatic heterocycles. The second-order valence-electron chi connectivity index (χ2n) is 5.76. The highest BCUT2D eigenvalue weighted by Crippen LogP contribution is 2.30.